The van der Waals surface area contributed by atoms with E-state index in [0.717, 1.165) is 39.1 Å². The molecule has 0 unspecified atom stereocenters. The zero-order valence-electron chi connectivity index (χ0n) is 16.6. The molecule has 0 bridgehead atoms. The first-order valence-corrected chi connectivity index (χ1v) is 9.88. The maximum atomic E-state index is 14.3. The highest BCUT2D eigenvalue weighted by Crippen LogP contribution is 2.39. The van der Waals surface area contributed by atoms with Gasteiger partial charge in [-0.25, -0.2) is 9.37 Å². The van der Waals surface area contributed by atoms with Crippen LogP contribution in [0.25, 0.3) is 11.3 Å². The number of piperidine rings is 1. The molecule has 0 amide bonds. The third-order valence-corrected chi connectivity index (χ3v) is 5.78. The maximum absolute atomic E-state index is 14.3. The third kappa shape index (κ3) is 3.56. The monoisotopic (exact) mass is 411 g/mol. The quantitative estimate of drug-likeness (QED) is 0.681. The summed E-state index contributed by atoms with van der Waals surface area (Å²) in [5.41, 5.74) is 1.08. The first kappa shape index (κ1) is 18.8. The molecule has 1 aromatic carbocycles. The van der Waals surface area contributed by atoms with E-state index < -0.39 is 5.82 Å². The van der Waals surface area contributed by atoms with Crippen LogP contribution in [0.2, 0.25) is 0 Å². The van der Waals surface area contributed by atoms with Crippen molar-refractivity contribution >= 4 is 17.7 Å². The molecule has 2 saturated heterocycles. The van der Waals surface area contributed by atoms with Crippen LogP contribution in [-0.2, 0) is 4.74 Å². The summed E-state index contributed by atoms with van der Waals surface area (Å²) in [5, 5.41) is 7.04. The van der Waals surface area contributed by atoms with Crippen LogP contribution in [-0.4, -0.2) is 48.5 Å². The van der Waals surface area contributed by atoms with Gasteiger partial charge in [0, 0.05) is 42.4 Å². The number of rotatable bonds is 5. The summed E-state index contributed by atoms with van der Waals surface area (Å²) in [7, 11) is 1.49. The van der Waals surface area contributed by atoms with E-state index in [-0.39, 0.29) is 0 Å². The summed E-state index contributed by atoms with van der Waals surface area (Å²) in [4.78, 5) is 11.2. The molecular weight excluding hydrogens is 389 g/mol. The maximum Gasteiger partial charge on any atom is 0.230 e. The van der Waals surface area contributed by atoms with Crippen molar-refractivity contribution in [2.24, 2.45) is 5.41 Å². The second-order valence-electron chi connectivity index (χ2n) is 7.77. The molecule has 0 aliphatic carbocycles. The van der Waals surface area contributed by atoms with Crippen LogP contribution in [0.5, 0.6) is 5.75 Å². The van der Waals surface area contributed by atoms with Gasteiger partial charge in [-0.15, -0.1) is 0 Å². The van der Waals surface area contributed by atoms with E-state index in [2.05, 4.69) is 25.3 Å². The number of hydrogen-bond acceptors (Lipinski definition) is 8. The van der Waals surface area contributed by atoms with Crippen molar-refractivity contribution in [3.63, 3.8) is 0 Å². The van der Waals surface area contributed by atoms with Gasteiger partial charge in [0.2, 0.25) is 11.8 Å². The Morgan fingerprint density at radius 1 is 1.17 bits per heavy atom. The minimum Gasteiger partial charge on any atom is -0.497 e. The molecule has 5 rings (SSSR count). The average molecular weight is 411 g/mol. The Labute approximate surface area is 173 Å². The lowest BCUT2D eigenvalue weighted by Gasteiger charge is -2.47. The molecule has 8 nitrogen and oxygen atoms in total. The van der Waals surface area contributed by atoms with Crippen LogP contribution in [0.1, 0.15) is 12.8 Å². The van der Waals surface area contributed by atoms with Crippen LogP contribution in [0, 0.1) is 11.2 Å². The van der Waals surface area contributed by atoms with Gasteiger partial charge in [0.25, 0.3) is 0 Å². The number of halogens is 1. The van der Waals surface area contributed by atoms with Crippen molar-refractivity contribution in [3.8, 4) is 17.0 Å². The van der Waals surface area contributed by atoms with Crippen LogP contribution in [0.15, 0.2) is 41.1 Å². The molecule has 4 heterocycles. The Kier molecular flexibility index (Phi) is 4.74. The minimum absolute atomic E-state index is 0.332. The van der Waals surface area contributed by atoms with Gasteiger partial charge in [-0.3, -0.25) is 0 Å². The standard InChI is InChI=1S/C21H22FN5O3/c1-28-14-2-3-15(16(22)10-14)17-11-19(30-26-17)24-18-4-7-23-20(25-18)27-8-5-21(6-9-27)12-29-13-21/h2-4,7,10-11H,5-6,8-9,12-13H2,1H3,(H,23,24,25). The second-order valence-corrected chi connectivity index (χ2v) is 7.77. The summed E-state index contributed by atoms with van der Waals surface area (Å²) >= 11 is 0. The lowest BCUT2D eigenvalue weighted by atomic mass is 9.77. The van der Waals surface area contributed by atoms with E-state index in [1.807, 2.05) is 0 Å². The third-order valence-electron chi connectivity index (χ3n) is 5.78. The number of hydrogen-bond donors (Lipinski definition) is 1. The van der Waals surface area contributed by atoms with E-state index >= 15 is 0 Å². The van der Waals surface area contributed by atoms with Crippen LogP contribution >= 0.6 is 0 Å². The number of benzene rings is 1. The Balaban J connectivity index is 1.28. The molecule has 0 radical (unpaired) electrons. The van der Waals surface area contributed by atoms with E-state index in [0.29, 0.717) is 40.1 Å². The van der Waals surface area contributed by atoms with Crippen molar-refractivity contribution in [2.75, 3.05) is 43.6 Å². The predicted molar refractivity (Wildman–Crippen MR) is 108 cm³/mol. The number of nitrogens with zero attached hydrogens (tertiary/aromatic N) is 4. The topological polar surface area (TPSA) is 85.5 Å². The molecule has 1 N–H and O–H groups in total. The lowest BCUT2D eigenvalue weighted by Crippen LogP contribution is -2.51. The van der Waals surface area contributed by atoms with Crippen molar-refractivity contribution in [3.05, 3.63) is 42.3 Å². The molecule has 3 aromatic rings. The highest BCUT2D eigenvalue weighted by molar-refractivity contribution is 5.65. The van der Waals surface area contributed by atoms with Gasteiger partial charge >= 0.3 is 0 Å². The Bertz CT molecular complexity index is 1040. The van der Waals surface area contributed by atoms with Gasteiger partial charge in [-0.05, 0) is 31.0 Å². The summed E-state index contributed by atoms with van der Waals surface area (Å²) in [6.07, 6.45) is 3.89. The molecule has 2 fully saturated rings. The molecule has 2 aromatic heterocycles. The SMILES string of the molecule is COc1ccc(-c2cc(Nc3ccnc(N4CCC5(CC4)COC5)n3)on2)c(F)c1. The Morgan fingerprint density at radius 3 is 2.70 bits per heavy atom. The highest BCUT2D eigenvalue weighted by Gasteiger charge is 2.41. The van der Waals surface area contributed by atoms with Gasteiger partial charge in [0.05, 0.1) is 20.3 Å². The summed E-state index contributed by atoms with van der Waals surface area (Å²) < 4.78 is 30.0. The molecule has 2 aliphatic rings. The van der Waals surface area contributed by atoms with E-state index in [9.17, 15) is 4.39 Å². The molecule has 2 aliphatic heterocycles. The van der Waals surface area contributed by atoms with Gasteiger partial charge in [-0.1, -0.05) is 5.16 Å². The first-order valence-electron chi connectivity index (χ1n) is 9.88. The van der Waals surface area contributed by atoms with Crippen molar-refractivity contribution in [1.82, 2.24) is 15.1 Å². The summed E-state index contributed by atoms with van der Waals surface area (Å²) in [6, 6.07) is 7.98. The molecule has 1 spiro atoms. The van der Waals surface area contributed by atoms with Gasteiger partial charge in [-0.2, -0.15) is 4.98 Å². The molecule has 0 atom stereocenters. The molecule has 156 valence electrons. The number of ether oxygens (including phenoxy) is 2. The fourth-order valence-corrected chi connectivity index (χ4v) is 3.85. The minimum atomic E-state index is -0.432. The number of anilines is 3. The van der Waals surface area contributed by atoms with E-state index in [1.165, 1.54) is 13.2 Å². The lowest BCUT2D eigenvalue weighted by molar-refractivity contribution is -0.124. The second kappa shape index (κ2) is 7.56. The molecule has 9 heteroatoms. The van der Waals surface area contributed by atoms with Crippen molar-refractivity contribution < 1.29 is 18.4 Å². The van der Waals surface area contributed by atoms with Crippen LogP contribution < -0.4 is 15.0 Å². The van der Waals surface area contributed by atoms with Crippen LogP contribution in [0.3, 0.4) is 0 Å². The smallest absolute Gasteiger partial charge is 0.230 e. The van der Waals surface area contributed by atoms with Gasteiger partial charge < -0.3 is 24.2 Å². The van der Waals surface area contributed by atoms with Crippen molar-refractivity contribution in [2.45, 2.75) is 12.8 Å². The number of nitrogens with one attached hydrogen (secondary N) is 1. The average Bonchev–Trinajstić information content (AvgIpc) is 3.21. The Morgan fingerprint density at radius 2 is 2.00 bits per heavy atom. The predicted octanol–water partition coefficient (Wildman–Crippen LogP) is 3.64. The van der Waals surface area contributed by atoms with Crippen molar-refractivity contribution in [1.29, 1.82) is 0 Å². The normalized spacial score (nSPS) is 17.6. The molecule has 30 heavy (non-hydrogen) atoms. The largest absolute Gasteiger partial charge is 0.497 e. The number of methoxy groups -OCH3 is 1. The summed E-state index contributed by atoms with van der Waals surface area (Å²) in [5.74, 6) is 1.65. The zero-order valence-corrected chi connectivity index (χ0v) is 16.6. The highest BCUT2D eigenvalue weighted by atomic mass is 19.1. The fourth-order valence-electron chi connectivity index (χ4n) is 3.85. The van der Waals surface area contributed by atoms with E-state index in [1.54, 1.807) is 30.5 Å². The number of aromatic nitrogens is 3. The first-order chi connectivity index (χ1) is 14.6. The van der Waals surface area contributed by atoms with Crippen LogP contribution in [0.4, 0.5) is 22.0 Å². The molecule has 0 saturated carbocycles. The van der Waals surface area contributed by atoms with E-state index in [4.69, 9.17) is 14.0 Å². The fraction of sp³-hybridized carbons (Fsp3) is 0.381. The zero-order chi connectivity index (χ0) is 20.6. The molecular formula is C21H22FN5O3. The van der Waals surface area contributed by atoms with Gasteiger partial charge in [0.15, 0.2) is 0 Å². The summed E-state index contributed by atoms with van der Waals surface area (Å²) in [6.45, 7) is 3.56. The van der Waals surface area contributed by atoms with Gasteiger partial charge in [0.1, 0.15) is 23.1 Å². The Hall–Kier alpha value is -3.20.